The lowest BCUT2D eigenvalue weighted by Gasteiger charge is -2.42. The van der Waals surface area contributed by atoms with Crippen LogP contribution in [0.5, 0.6) is 0 Å². The molecule has 0 spiro atoms. The molecule has 1 amide bonds. The monoisotopic (exact) mass is 414 g/mol. The molecule has 0 unspecified atom stereocenters. The molecule has 4 aromatic heterocycles. The maximum Gasteiger partial charge on any atom is 0.272 e. The predicted octanol–water partition coefficient (Wildman–Crippen LogP) is 2.16. The van der Waals surface area contributed by atoms with E-state index in [-0.39, 0.29) is 23.3 Å². The highest BCUT2D eigenvalue weighted by Crippen LogP contribution is 2.36. The molecule has 31 heavy (non-hydrogen) atoms. The van der Waals surface area contributed by atoms with Crippen LogP contribution in [-0.2, 0) is 13.6 Å². The summed E-state index contributed by atoms with van der Waals surface area (Å²) >= 11 is 0. The summed E-state index contributed by atoms with van der Waals surface area (Å²) in [5.41, 5.74) is 2.98. The van der Waals surface area contributed by atoms with Crippen LogP contribution < -0.4 is 5.56 Å². The molecule has 1 saturated heterocycles. The van der Waals surface area contributed by atoms with Crippen LogP contribution in [0.4, 0.5) is 0 Å². The first kappa shape index (κ1) is 18.1. The number of imidazole rings is 2. The van der Waals surface area contributed by atoms with Crippen molar-refractivity contribution in [3.63, 3.8) is 0 Å². The maximum absolute atomic E-state index is 13.3. The van der Waals surface area contributed by atoms with Gasteiger partial charge in [0, 0.05) is 56.9 Å². The van der Waals surface area contributed by atoms with Crippen molar-refractivity contribution in [2.75, 3.05) is 13.1 Å². The predicted molar refractivity (Wildman–Crippen MR) is 115 cm³/mol. The Labute approximate surface area is 178 Å². The number of pyridine rings is 2. The standard InChI is InChI=1S/C23H22N6O2/c1-26-9-7-24-21(26)17-5-6-18-16-10-15(13-29(18)22(17)30)12-27(14-16)23(31)19-11-25-20-4-2-3-8-28(19)20/h2-9,11,15-16H,10,12-14H2,1H3/t15-,16+/m0/s1. The summed E-state index contributed by atoms with van der Waals surface area (Å²) in [5.74, 6) is 1.08. The number of carbonyl (C=O) groups is 1. The Morgan fingerprint density at radius 3 is 2.81 bits per heavy atom. The highest BCUT2D eigenvalue weighted by atomic mass is 16.2. The van der Waals surface area contributed by atoms with Gasteiger partial charge in [-0.2, -0.15) is 0 Å². The zero-order chi connectivity index (χ0) is 21.1. The first-order chi connectivity index (χ1) is 15.1. The fourth-order valence-corrected chi connectivity index (χ4v) is 5.16. The minimum Gasteiger partial charge on any atom is -0.336 e. The Kier molecular flexibility index (Phi) is 3.89. The number of carbonyl (C=O) groups excluding carboxylic acids is 1. The number of rotatable bonds is 2. The molecule has 4 aromatic rings. The van der Waals surface area contributed by atoms with Crippen LogP contribution in [0.1, 0.15) is 28.5 Å². The van der Waals surface area contributed by atoms with Gasteiger partial charge in [-0.15, -0.1) is 0 Å². The number of hydrogen-bond donors (Lipinski definition) is 0. The Hall–Kier alpha value is -3.68. The van der Waals surface area contributed by atoms with Crippen molar-refractivity contribution in [1.82, 2.24) is 28.4 Å². The van der Waals surface area contributed by atoms with Crippen molar-refractivity contribution in [2.24, 2.45) is 13.0 Å². The Bertz CT molecular complexity index is 1380. The van der Waals surface area contributed by atoms with Crippen LogP contribution >= 0.6 is 0 Å². The van der Waals surface area contributed by atoms with E-state index in [4.69, 9.17) is 0 Å². The van der Waals surface area contributed by atoms with E-state index in [1.54, 1.807) is 12.4 Å². The van der Waals surface area contributed by atoms with Gasteiger partial charge in [-0.05, 0) is 36.6 Å². The number of piperidine rings is 1. The molecule has 0 radical (unpaired) electrons. The largest absolute Gasteiger partial charge is 0.336 e. The lowest BCUT2D eigenvalue weighted by atomic mass is 9.83. The van der Waals surface area contributed by atoms with Gasteiger partial charge in [0.1, 0.15) is 17.2 Å². The summed E-state index contributed by atoms with van der Waals surface area (Å²) < 4.78 is 5.60. The van der Waals surface area contributed by atoms with Crippen molar-refractivity contribution in [1.29, 1.82) is 0 Å². The molecular formula is C23H22N6O2. The van der Waals surface area contributed by atoms with Gasteiger partial charge >= 0.3 is 0 Å². The summed E-state index contributed by atoms with van der Waals surface area (Å²) in [4.78, 5) is 37.2. The highest BCUT2D eigenvalue weighted by Gasteiger charge is 2.37. The van der Waals surface area contributed by atoms with E-state index in [2.05, 4.69) is 9.97 Å². The summed E-state index contributed by atoms with van der Waals surface area (Å²) in [5, 5.41) is 0. The number of amides is 1. The number of nitrogens with zero attached hydrogens (tertiary/aromatic N) is 6. The van der Waals surface area contributed by atoms with Crippen LogP contribution in [0.2, 0.25) is 0 Å². The van der Waals surface area contributed by atoms with E-state index in [0.29, 0.717) is 36.7 Å². The van der Waals surface area contributed by atoms with Crippen molar-refractivity contribution in [2.45, 2.75) is 18.9 Å². The molecule has 8 nitrogen and oxygen atoms in total. The third-order valence-corrected chi connectivity index (χ3v) is 6.59. The lowest BCUT2D eigenvalue weighted by Crippen LogP contribution is -2.49. The molecule has 0 aromatic carbocycles. The Balaban J connectivity index is 1.34. The van der Waals surface area contributed by atoms with Gasteiger partial charge in [0.15, 0.2) is 0 Å². The third kappa shape index (κ3) is 2.74. The van der Waals surface area contributed by atoms with Crippen LogP contribution in [0.15, 0.2) is 59.9 Å². The van der Waals surface area contributed by atoms with E-state index in [1.807, 2.05) is 68.2 Å². The molecule has 6 heterocycles. The number of hydrogen-bond acceptors (Lipinski definition) is 4. The first-order valence-corrected chi connectivity index (χ1v) is 10.5. The minimum atomic E-state index is -0.00572. The van der Waals surface area contributed by atoms with Gasteiger partial charge in [0.2, 0.25) is 0 Å². The van der Waals surface area contributed by atoms with Crippen LogP contribution in [0.3, 0.4) is 0 Å². The lowest BCUT2D eigenvalue weighted by molar-refractivity contribution is 0.0588. The normalized spacial score (nSPS) is 20.1. The van der Waals surface area contributed by atoms with Crippen molar-refractivity contribution in [3.05, 3.63) is 76.9 Å². The molecule has 2 bridgehead atoms. The summed E-state index contributed by atoms with van der Waals surface area (Å²) in [6.07, 6.45) is 8.07. The number of fused-ring (bicyclic) bond motifs is 5. The second kappa shape index (κ2) is 6.66. The van der Waals surface area contributed by atoms with Crippen LogP contribution in [0.25, 0.3) is 17.0 Å². The fourth-order valence-electron chi connectivity index (χ4n) is 5.16. The van der Waals surface area contributed by atoms with Gasteiger partial charge < -0.3 is 14.0 Å². The zero-order valence-corrected chi connectivity index (χ0v) is 17.2. The van der Waals surface area contributed by atoms with Crippen LogP contribution in [-0.4, -0.2) is 47.4 Å². The van der Waals surface area contributed by atoms with E-state index in [9.17, 15) is 9.59 Å². The summed E-state index contributed by atoms with van der Waals surface area (Å²) in [6.45, 7) is 1.88. The Morgan fingerprint density at radius 1 is 1.06 bits per heavy atom. The van der Waals surface area contributed by atoms with Gasteiger partial charge in [-0.1, -0.05) is 6.07 Å². The first-order valence-electron chi connectivity index (χ1n) is 10.5. The van der Waals surface area contributed by atoms with E-state index >= 15 is 0 Å². The molecule has 2 aliphatic rings. The molecular weight excluding hydrogens is 392 g/mol. The van der Waals surface area contributed by atoms with E-state index in [0.717, 1.165) is 17.8 Å². The Morgan fingerprint density at radius 2 is 1.97 bits per heavy atom. The fraction of sp³-hybridized carbons (Fsp3) is 0.304. The SMILES string of the molecule is Cn1ccnc1-c1ccc2n(c1=O)C[C@H]1C[C@@H]2CN(C(=O)c2cnc3ccccn23)C1. The van der Waals surface area contributed by atoms with Gasteiger partial charge in [0.25, 0.3) is 11.5 Å². The van der Waals surface area contributed by atoms with Crippen molar-refractivity contribution >= 4 is 11.6 Å². The van der Waals surface area contributed by atoms with Gasteiger partial charge in [-0.25, -0.2) is 9.97 Å². The zero-order valence-electron chi connectivity index (χ0n) is 17.2. The van der Waals surface area contributed by atoms with Crippen molar-refractivity contribution < 1.29 is 4.79 Å². The van der Waals surface area contributed by atoms with Gasteiger partial charge in [0.05, 0.1) is 11.8 Å². The molecule has 8 heteroatoms. The number of aromatic nitrogens is 5. The van der Waals surface area contributed by atoms with Crippen LogP contribution in [0, 0.1) is 5.92 Å². The minimum absolute atomic E-state index is 0.00283. The summed E-state index contributed by atoms with van der Waals surface area (Å²) in [7, 11) is 1.89. The molecule has 0 N–H and O–H groups in total. The molecule has 0 aliphatic carbocycles. The second-order valence-electron chi connectivity index (χ2n) is 8.53. The molecule has 2 aliphatic heterocycles. The average Bonchev–Trinajstić information content (AvgIpc) is 3.40. The van der Waals surface area contributed by atoms with E-state index < -0.39 is 0 Å². The highest BCUT2D eigenvalue weighted by molar-refractivity contribution is 5.93. The van der Waals surface area contributed by atoms with E-state index in [1.165, 1.54) is 0 Å². The number of likely N-dealkylation sites (tertiary alicyclic amines) is 1. The maximum atomic E-state index is 13.3. The molecule has 156 valence electrons. The molecule has 0 saturated carbocycles. The second-order valence-corrected chi connectivity index (χ2v) is 8.53. The summed E-state index contributed by atoms with van der Waals surface area (Å²) in [6, 6.07) is 9.62. The quantitative estimate of drug-likeness (QED) is 0.504. The third-order valence-electron chi connectivity index (χ3n) is 6.59. The molecule has 2 atom stereocenters. The van der Waals surface area contributed by atoms with Crippen molar-refractivity contribution in [3.8, 4) is 11.4 Å². The molecule has 1 fully saturated rings. The number of aryl methyl sites for hydroxylation is 1. The molecule has 6 rings (SSSR count). The average molecular weight is 414 g/mol. The topological polar surface area (TPSA) is 77.4 Å². The van der Waals surface area contributed by atoms with Gasteiger partial charge in [-0.3, -0.25) is 14.0 Å². The smallest absolute Gasteiger partial charge is 0.272 e.